The summed E-state index contributed by atoms with van der Waals surface area (Å²) in [5, 5.41) is 0. The van der Waals surface area contributed by atoms with E-state index in [0.717, 1.165) is 16.3 Å². The standard InChI is InChI=1S/C21H27N3O5S2/c1-4-16-5-7-17(8-6-16)20(23(2)3)15-22-31(28,29)19-11-9-18(10-12-19)24-21(25)13-14-30(24,26)27/h5-12,20,22H,4,13-15H2,1-3H3/t20-/m1/s1. The zero-order valence-electron chi connectivity index (χ0n) is 17.8. The van der Waals surface area contributed by atoms with Gasteiger partial charge in [-0.1, -0.05) is 31.2 Å². The molecule has 1 N–H and O–H groups in total. The first kappa shape index (κ1) is 23.4. The number of benzene rings is 2. The summed E-state index contributed by atoms with van der Waals surface area (Å²) in [7, 11) is -3.75. The summed E-state index contributed by atoms with van der Waals surface area (Å²) in [6, 6.07) is 13.2. The zero-order chi connectivity index (χ0) is 22.8. The summed E-state index contributed by atoms with van der Waals surface area (Å²) in [6.45, 7) is 2.24. The van der Waals surface area contributed by atoms with Gasteiger partial charge in [0.2, 0.25) is 26.0 Å². The molecule has 1 saturated heterocycles. The van der Waals surface area contributed by atoms with Gasteiger partial charge in [-0.25, -0.2) is 25.9 Å². The number of likely N-dealkylation sites (N-methyl/N-ethyl adjacent to an activating group) is 1. The van der Waals surface area contributed by atoms with E-state index in [9.17, 15) is 21.6 Å². The second-order valence-electron chi connectivity index (χ2n) is 7.64. The Morgan fingerprint density at radius 1 is 1.06 bits per heavy atom. The average molecular weight is 466 g/mol. The first-order chi connectivity index (χ1) is 14.5. The van der Waals surface area contributed by atoms with Gasteiger partial charge in [-0.15, -0.1) is 0 Å². The van der Waals surface area contributed by atoms with E-state index in [1.54, 1.807) is 0 Å². The lowest BCUT2D eigenvalue weighted by molar-refractivity contribution is -0.116. The Morgan fingerprint density at radius 3 is 2.16 bits per heavy atom. The van der Waals surface area contributed by atoms with E-state index in [2.05, 4.69) is 11.6 Å². The van der Waals surface area contributed by atoms with Crippen molar-refractivity contribution < 1.29 is 21.6 Å². The minimum atomic E-state index is -3.82. The molecule has 1 fully saturated rings. The van der Waals surface area contributed by atoms with Crippen molar-refractivity contribution in [2.45, 2.75) is 30.7 Å². The van der Waals surface area contributed by atoms with Crippen molar-refractivity contribution >= 4 is 31.6 Å². The van der Waals surface area contributed by atoms with E-state index in [0.29, 0.717) is 0 Å². The van der Waals surface area contributed by atoms with Gasteiger partial charge in [0.05, 0.1) is 16.3 Å². The first-order valence-electron chi connectivity index (χ1n) is 9.96. The van der Waals surface area contributed by atoms with E-state index in [1.165, 1.54) is 29.8 Å². The fraction of sp³-hybridized carbons (Fsp3) is 0.381. The SMILES string of the molecule is CCc1ccc([C@@H](CNS(=O)(=O)c2ccc(N3C(=O)CCS3(=O)=O)cc2)N(C)C)cc1. The molecular formula is C21H27N3O5S2. The average Bonchev–Trinajstić information content (AvgIpc) is 3.00. The van der Waals surface area contributed by atoms with Crippen LogP contribution in [-0.2, 0) is 31.3 Å². The van der Waals surface area contributed by atoms with Crippen molar-refractivity contribution in [2.24, 2.45) is 0 Å². The molecule has 10 heteroatoms. The first-order valence-corrected chi connectivity index (χ1v) is 13.0. The van der Waals surface area contributed by atoms with Crippen molar-refractivity contribution in [2.75, 3.05) is 30.7 Å². The number of rotatable bonds is 8. The third-order valence-electron chi connectivity index (χ3n) is 5.32. The molecule has 2 aromatic rings. The van der Waals surface area contributed by atoms with E-state index in [4.69, 9.17) is 0 Å². The number of aryl methyl sites for hydroxylation is 1. The molecule has 1 amide bonds. The maximum absolute atomic E-state index is 12.8. The zero-order valence-corrected chi connectivity index (χ0v) is 19.4. The Labute approximate surface area is 184 Å². The van der Waals surface area contributed by atoms with Crippen LogP contribution in [0.15, 0.2) is 53.4 Å². The van der Waals surface area contributed by atoms with Gasteiger partial charge in [0.15, 0.2) is 0 Å². The third kappa shape index (κ3) is 5.15. The lowest BCUT2D eigenvalue weighted by Crippen LogP contribution is -2.34. The van der Waals surface area contributed by atoms with Crippen LogP contribution in [0.2, 0.25) is 0 Å². The molecule has 31 heavy (non-hydrogen) atoms. The molecule has 0 unspecified atom stereocenters. The maximum atomic E-state index is 12.8. The molecule has 8 nitrogen and oxygen atoms in total. The van der Waals surface area contributed by atoms with Gasteiger partial charge in [0, 0.05) is 19.0 Å². The summed E-state index contributed by atoms with van der Waals surface area (Å²) in [5.41, 5.74) is 2.35. The highest BCUT2D eigenvalue weighted by atomic mass is 32.2. The van der Waals surface area contributed by atoms with Crippen LogP contribution in [0.1, 0.15) is 30.5 Å². The summed E-state index contributed by atoms with van der Waals surface area (Å²) in [6.07, 6.45) is 0.856. The van der Waals surface area contributed by atoms with Gasteiger partial charge < -0.3 is 4.90 Å². The molecule has 1 aliphatic heterocycles. The van der Waals surface area contributed by atoms with Gasteiger partial charge in [0.1, 0.15) is 0 Å². The lowest BCUT2D eigenvalue weighted by atomic mass is 10.0. The predicted molar refractivity (Wildman–Crippen MR) is 120 cm³/mol. The molecule has 0 radical (unpaired) electrons. The molecule has 1 heterocycles. The second kappa shape index (κ2) is 9.07. The number of hydrogen-bond acceptors (Lipinski definition) is 6. The number of amides is 1. The van der Waals surface area contributed by atoms with Crippen LogP contribution in [0.3, 0.4) is 0 Å². The molecule has 168 valence electrons. The predicted octanol–water partition coefficient (Wildman–Crippen LogP) is 1.90. The van der Waals surface area contributed by atoms with Crippen molar-refractivity contribution in [1.82, 2.24) is 9.62 Å². The smallest absolute Gasteiger partial charge is 0.242 e. The van der Waals surface area contributed by atoms with Crippen LogP contribution in [-0.4, -0.2) is 54.0 Å². The van der Waals surface area contributed by atoms with Crippen LogP contribution >= 0.6 is 0 Å². The van der Waals surface area contributed by atoms with Crippen LogP contribution in [0.4, 0.5) is 5.69 Å². The number of nitrogens with zero attached hydrogens (tertiary/aromatic N) is 2. The molecule has 0 aromatic heterocycles. The van der Waals surface area contributed by atoms with Crippen LogP contribution < -0.4 is 9.03 Å². The minimum Gasteiger partial charge on any atom is -0.301 e. The van der Waals surface area contributed by atoms with Gasteiger partial charge in [-0.05, 0) is 55.9 Å². The molecule has 0 spiro atoms. The van der Waals surface area contributed by atoms with E-state index in [1.807, 2.05) is 43.3 Å². The largest absolute Gasteiger partial charge is 0.301 e. The number of hydrogen-bond donors (Lipinski definition) is 1. The van der Waals surface area contributed by atoms with Gasteiger partial charge in [-0.2, -0.15) is 0 Å². The number of sulfonamides is 2. The quantitative estimate of drug-likeness (QED) is 0.639. The minimum absolute atomic E-state index is 0.000805. The third-order valence-corrected chi connectivity index (χ3v) is 8.45. The lowest BCUT2D eigenvalue weighted by Gasteiger charge is -2.25. The van der Waals surface area contributed by atoms with Crippen LogP contribution in [0, 0.1) is 0 Å². The van der Waals surface area contributed by atoms with Crippen molar-refractivity contribution in [3.05, 3.63) is 59.7 Å². The second-order valence-corrected chi connectivity index (χ2v) is 11.3. The van der Waals surface area contributed by atoms with Crippen molar-refractivity contribution in [3.8, 4) is 0 Å². The Balaban J connectivity index is 1.75. The summed E-state index contributed by atoms with van der Waals surface area (Å²) >= 11 is 0. The normalized spacial score (nSPS) is 17.3. The Morgan fingerprint density at radius 2 is 1.68 bits per heavy atom. The topological polar surface area (TPSA) is 104 Å². The molecule has 2 aromatic carbocycles. The number of carbonyl (C=O) groups excluding carboxylic acids is 1. The van der Waals surface area contributed by atoms with Gasteiger partial charge >= 0.3 is 0 Å². The molecule has 0 aliphatic carbocycles. The fourth-order valence-corrected chi connectivity index (χ4v) is 5.97. The maximum Gasteiger partial charge on any atom is 0.242 e. The highest BCUT2D eigenvalue weighted by Crippen LogP contribution is 2.26. The Hall–Kier alpha value is -2.27. The molecule has 1 aliphatic rings. The highest BCUT2D eigenvalue weighted by molar-refractivity contribution is 7.94. The van der Waals surface area contributed by atoms with E-state index < -0.39 is 26.0 Å². The monoisotopic (exact) mass is 465 g/mol. The summed E-state index contributed by atoms with van der Waals surface area (Å²) in [4.78, 5) is 13.8. The highest BCUT2D eigenvalue weighted by Gasteiger charge is 2.36. The van der Waals surface area contributed by atoms with Crippen molar-refractivity contribution in [1.29, 1.82) is 0 Å². The molecule has 1 atom stereocenters. The summed E-state index contributed by atoms with van der Waals surface area (Å²) in [5.74, 6) is -0.754. The van der Waals surface area contributed by atoms with E-state index >= 15 is 0 Å². The molecule has 0 bridgehead atoms. The van der Waals surface area contributed by atoms with Gasteiger partial charge in [0.25, 0.3) is 0 Å². The fourth-order valence-electron chi connectivity index (χ4n) is 3.48. The summed E-state index contributed by atoms with van der Waals surface area (Å²) < 4.78 is 53.0. The van der Waals surface area contributed by atoms with Crippen LogP contribution in [0.5, 0.6) is 0 Å². The molecular weight excluding hydrogens is 438 g/mol. The van der Waals surface area contributed by atoms with E-state index in [-0.39, 0.29) is 35.3 Å². The van der Waals surface area contributed by atoms with Crippen molar-refractivity contribution in [3.63, 3.8) is 0 Å². The van der Waals surface area contributed by atoms with Crippen LogP contribution in [0.25, 0.3) is 0 Å². The Kier molecular flexibility index (Phi) is 6.85. The Bertz CT molecular complexity index is 1140. The molecule has 3 rings (SSSR count). The molecule has 0 saturated carbocycles. The number of carbonyl (C=O) groups is 1. The number of nitrogens with one attached hydrogen (secondary N) is 1. The van der Waals surface area contributed by atoms with Gasteiger partial charge in [-0.3, -0.25) is 4.79 Å². The number of anilines is 1.